The van der Waals surface area contributed by atoms with Gasteiger partial charge in [-0.2, -0.15) is 0 Å². The molecule has 0 saturated carbocycles. The number of methoxy groups -OCH3 is 1. The Bertz CT molecular complexity index is 1010. The molecule has 3 aromatic rings. The molecule has 0 fully saturated rings. The van der Waals surface area contributed by atoms with Crippen LogP contribution in [-0.2, 0) is 14.3 Å². The summed E-state index contributed by atoms with van der Waals surface area (Å²) in [6.45, 7) is 0. The summed E-state index contributed by atoms with van der Waals surface area (Å²) in [7, 11) is 1.31. The zero-order chi connectivity index (χ0) is 21.3. The van der Waals surface area contributed by atoms with Gasteiger partial charge in [-0.3, -0.25) is 9.59 Å². The number of ether oxygens (including phenoxy) is 1. The third-order valence-electron chi connectivity index (χ3n) is 4.44. The summed E-state index contributed by atoms with van der Waals surface area (Å²) >= 11 is 0. The Morgan fingerprint density at radius 2 is 1.13 bits per heavy atom. The van der Waals surface area contributed by atoms with Gasteiger partial charge < -0.3 is 15.4 Å². The van der Waals surface area contributed by atoms with E-state index in [1.54, 1.807) is 24.3 Å². The van der Waals surface area contributed by atoms with Crippen molar-refractivity contribution in [3.63, 3.8) is 0 Å². The molecule has 0 aliphatic heterocycles. The second-order valence-corrected chi connectivity index (χ2v) is 6.61. The Morgan fingerprint density at radius 3 is 1.63 bits per heavy atom. The van der Waals surface area contributed by atoms with Crippen LogP contribution in [0.1, 0.15) is 23.2 Å². The minimum Gasteiger partial charge on any atom is -0.465 e. The predicted octanol–water partition coefficient (Wildman–Crippen LogP) is 4.50. The molecular formula is C24H22N2O4. The van der Waals surface area contributed by atoms with Crippen LogP contribution in [0.5, 0.6) is 0 Å². The first-order valence-electron chi connectivity index (χ1n) is 9.49. The maximum absolute atomic E-state index is 12.1. The molecule has 0 heterocycles. The van der Waals surface area contributed by atoms with E-state index in [0.717, 1.165) is 11.1 Å². The van der Waals surface area contributed by atoms with Crippen molar-refractivity contribution in [1.29, 1.82) is 0 Å². The van der Waals surface area contributed by atoms with Gasteiger partial charge in [0.2, 0.25) is 11.8 Å². The largest absolute Gasteiger partial charge is 0.465 e. The van der Waals surface area contributed by atoms with Gasteiger partial charge in [-0.1, -0.05) is 42.5 Å². The van der Waals surface area contributed by atoms with Gasteiger partial charge in [-0.15, -0.1) is 0 Å². The van der Waals surface area contributed by atoms with E-state index in [2.05, 4.69) is 15.4 Å². The number of amides is 2. The lowest BCUT2D eigenvalue weighted by Gasteiger charge is -2.08. The minimum atomic E-state index is -0.443. The standard InChI is InChI=1S/C24H22N2O4/c1-30-24(29)19-9-13-21(14-10-19)26-23(28)16-15-22(27)25-20-11-7-18(8-12-20)17-5-3-2-4-6-17/h2-14H,15-16H2,1H3,(H,25,27)(H,26,28). The van der Waals surface area contributed by atoms with Gasteiger partial charge in [0.05, 0.1) is 12.7 Å². The van der Waals surface area contributed by atoms with E-state index in [1.165, 1.54) is 7.11 Å². The molecule has 0 aliphatic carbocycles. The number of nitrogens with one attached hydrogen (secondary N) is 2. The van der Waals surface area contributed by atoms with Crippen molar-refractivity contribution in [2.24, 2.45) is 0 Å². The van der Waals surface area contributed by atoms with Crippen LogP contribution in [0.25, 0.3) is 11.1 Å². The highest BCUT2D eigenvalue weighted by molar-refractivity contribution is 5.97. The van der Waals surface area contributed by atoms with Crippen molar-refractivity contribution in [3.05, 3.63) is 84.4 Å². The Labute approximate surface area is 174 Å². The van der Waals surface area contributed by atoms with Crippen LogP contribution in [0.3, 0.4) is 0 Å². The highest BCUT2D eigenvalue weighted by Gasteiger charge is 2.09. The number of carbonyl (C=O) groups is 3. The molecule has 3 rings (SSSR count). The first kappa shape index (κ1) is 20.8. The zero-order valence-corrected chi connectivity index (χ0v) is 16.6. The molecule has 0 atom stereocenters. The normalized spacial score (nSPS) is 10.2. The Kier molecular flexibility index (Phi) is 6.95. The monoisotopic (exact) mass is 402 g/mol. The number of esters is 1. The molecule has 152 valence electrons. The molecule has 0 unspecified atom stereocenters. The highest BCUT2D eigenvalue weighted by atomic mass is 16.5. The number of benzene rings is 3. The van der Waals surface area contributed by atoms with Crippen LogP contribution in [-0.4, -0.2) is 24.9 Å². The fraction of sp³-hybridized carbons (Fsp3) is 0.125. The van der Waals surface area contributed by atoms with Crippen LogP contribution in [0.15, 0.2) is 78.9 Å². The van der Waals surface area contributed by atoms with Gasteiger partial charge in [0.15, 0.2) is 0 Å². The number of carbonyl (C=O) groups excluding carboxylic acids is 3. The van der Waals surface area contributed by atoms with E-state index < -0.39 is 5.97 Å². The summed E-state index contributed by atoms with van der Waals surface area (Å²) in [5.74, 6) is -0.963. The third kappa shape index (κ3) is 5.78. The van der Waals surface area contributed by atoms with Crippen LogP contribution < -0.4 is 10.6 Å². The molecular weight excluding hydrogens is 380 g/mol. The summed E-state index contributed by atoms with van der Waals surface area (Å²) < 4.78 is 4.63. The number of hydrogen-bond acceptors (Lipinski definition) is 4. The Hall–Kier alpha value is -3.93. The van der Waals surface area contributed by atoms with E-state index in [0.29, 0.717) is 16.9 Å². The average molecular weight is 402 g/mol. The zero-order valence-electron chi connectivity index (χ0n) is 16.6. The first-order chi connectivity index (χ1) is 14.5. The summed E-state index contributed by atoms with van der Waals surface area (Å²) in [4.78, 5) is 35.6. The lowest BCUT2D eigenvalue weighted by Crippen LogP contribution is -2.17. The van der Waals surface area contributed by atoms with Crippen LogP contribution in [0.2, 0.25) is 0 Å². The van der Waals surface area contributed by atoms with E-state index in [-0.39, 0.29) is 24.7 Å². The predicted molar refractivity (Wildman–Crippen MR) is 116 cm³/mol. The third-order valence-corrected chi connectivity index (χ3v) is 4.44. The molecule has 6 heteroatoms. The molecule has 0 radical (unpaired) electrons. The molecule has 0 saturated heterocycles. The lowest BCUT2D eigenvalue weighted by molar-refractivity contribution is -0.121. The number of hydrogen-bond donors (Lipinski definition) is 2. The van der Waals surface area contributed by atoms with E-state index in [9.17, 15) is 14.4 Å². The highest BCUT2D eigenvalue weighted by Crippen LogP contribution is 2.21. The molecule has 2 N–H and O–H groups in total. The van der Waals surface area contributed by atoms with E-state index in [4.69, 9.17) is 0 Å². The smallest absolute Gasteiger partial charge is 0.337 e. The summed E-state index contributed by atoms with van der Waals surface area (Å²) in [6.07, 6.45) is 0.110. The van der Waals surface area contributed by atoms with Crippen molar-refractivity contribution in [1.82, 2.24) is 0 Å². The van der Waals surface area contributed by atoms with Crippen molar-refractivity contribution in [2.75, 3.05) is 17.7 Å². The van der Waals surface area contributed by atoms with Crippen LogP contribution in [0, 0.1) is 0 Å². The first-order valence-corrected chi connectivity index (χ1v) is 9.49. The van der Waals surface area contributed by atoms with E-state index in [1.807, 2.05) is 54.6 Å². The van der Waals surface area contributed by atoms with Crippen molar-refractivity contribution >= 4 is 29.2 Å². The molecule has 0 bridgehead atoms. The van der Waals surface area contributed by atoms with Crippen LogP contribution >= 0.6 is 0 Å². The average Bonchev–Trinajstić information content (AvgIpc) is 2.79. The maximum atomic E-state index is 12.1. The fourth-order valence-corrected chi connectivity index (χ4v) is 2.86. The van der Waals surface area contributed by atoms with Gasteiger partial charge in [0, 0.05) is 24.2 Å². The van der Waals surface area contributed by atoms with Crippen molar-refractivity contribution in [2.45, 2.75) is 12.8 Å². The minimum absolute atomic E-state index is 0.0483. The topological polar surface area (TPSA) is 84.5 Å². The number of rotatable bonds is 7. The Morgan fingerprint density at radius 1 is 0.667 bits per heavy atom. The van der Waals surface area contributed by atoms with E-state index >= 15 is 0 Å². The van der Waals surface area contributed by atoms with Gasteiger partial charge in [0.1, 0.15) is 0 Å². The second-order valence-electron chi connectivity index (χ2n) is 6.61. The molecule has 3 aromatic carbocycles. The van der Waals surface area contributed by atoms with Gasteiger partial charge >= 0.3 is 5.97 Å². The fourth-order valence-electron chi connectivity index (χ4n) is 2.86. The Balaban J connectivity index is 1.46. The summed E-state index contributed by atoms with van der Waals surface area (Å²) in [5.41, 5.74) is 3.79. The summed E-state index contributed by atoms with van der Waals surface area (Å²) in [6, 6.07) is 23.9. The molecule has 0 spiro atoms. The maximum Gasteiger partial charge on any atom is 0.337 e. The molecule has 2 amide bonds. The lowest BCUT2D eigenvalue weighted by atomic mass is 10.1. The molecule has 6 nitrogen and oxygen atoms in total. The quantitative estimate of drug-likeness (QED) is 0.570. The van der Waals surface area contributed by atoms with Crippen molar-refractivity contribution < 1.29 is 19.1 Å². The van der Waals surface area contributed by atoms with Crippen molar-refractivity contribution in [3.8, 4) is 11.1 Å². The SMILES string of the molecule is COC(=O)c1ccc(NC(=O)CCC(=O)Nc2ccc(-c3ccccc3)cc2)cc1. The summed E-state index contributed by atoms with van der Waals surface area (Å²) in [5, 5.41) is 5.50. The second kappa shape index (κ2) is 10.0. The molecule has 0 aliphatic rings. The van der Waals surface area contributed by atoms with Gasteiger partial charge in [-0.25, -0.2) is 4.79 Å². The van der Waals surface area contributed by atoms with Gasteiger partial charge in [-0.05, 0) is 47.5 Å². The number of anilines is 2. The van der Waals surface area contributed by atoms with Gasteiger partial charge in [0.25, 0.3) is 0 Å². The van der Waals surface area contributed by atoms with Crippen LogP contribution in [0.4, 0.5) is 11.4 Å². The molecule has 0 aromatic heterocycles. The molecule has 30 heavy (non-hydrogen) atoms.